The van der Waals surface area contributed by atoms with Crippen molar-refractivity contribution in [2.45, 2.75) is 18.0 Å². The smallest absolute Gasteiger partial charge is 0.346 e. The van der Waals surface area contributed by atoms with Crippen LogP contribution in [0.2, 0.25) is 0 Å². The van der Waals surface area contributed by atoms with E-state index in [9.17, 15) is 18.0 Å². The third-order valence-corrected chi connectivity index (χ3v) is 4.76. The molecule has 1 aliphatic carbocycles. The van der Waals surface area contributed by atoms with Gasteiger partial charge in [-0.05, 0) is 28.7 Å². The molecule has 0 fully saturated rings. The van der Waals surface area contributed by atoms with Crippen molar-refractivity contribution in [1.29, 1.82) is 0 Å². The molecule has 3 rings (SSSR count). The maximum Gasteiger partial charge on any atom is 0.405 e. The summed E-state index contributed by atoms with van der Waals surface area (Å²) in [6.45, 7) is -1.36. The highest BCUT2D eigenvalue weighted by Crippen LogP contribution is 2.51. The van der Waals surface area contributed by atoms with E-state index >= 15 is 0 Å². The normalized spacial score (nSPS) is 14.9. The molecule has 26 heavy (non-hydrogen) atoms. The Morgan fingerprint density at radius 1 is 1.00 bits per heavy atom. The lowest BCUT2D eigenvalue weighted by Crippen LogP contribution is -2.46. The predicted octanol–water partition coefficient (Wildman–Crippen LogP) is 4.82. The maximum atomic E-state index is 13.1. The highest BCUT2D eigenvalue weighted by Gasteiger charge is 2.48. The lowest BCUT2D eigenvalue weighted by Gasteiger charge is -2.30. The lowest BCUT2D eigenvalue weighted by molar-refractivity contribution is -0.140. The minimum atomic E-state index is -4.47. The number of rotatable bonds is 5. The van der Waals surface area contributed by atoms with Gasteiger partial charge in [0.05, 0.1) is 0 Å². The van der Waals surface area contributed by atoms with Crippen molar-refractivity contribution in [2.24, 2.45) is 0 Å². The molecule has 0 heterocycles. The van der Waals surface area contributed by atoms with E-state index in [1.165, 1.54) is 0 Å². The van der Waals surface area contributed by atoms with E-state index in [0.717, 1.165) is 11.1 Å². The summed E-state index contributed by atoms with van der Waals surface area (Å²) in [6.07, 6.45) is -0.791. The van der Waals surface area contributed by atoms with Crippen LogP contribution in [0.25, 0.3) is 11.1 Å². The Labute approximate surface area is 154 Å². The van der Waals surface area contributed by atoms with Gasteiger partial charge in [0.1, 0.15) is 12.0 Å². The maximum absolute atomic E-state index is 13.1. The fraction of sp³-hybridized carbons (Fsp3) is 0.250. The predicted molar refractivity (Wildman–Crippen MR) is 96.2 cm³/mol. The molecule has 0 spiro atoms. The molecule has 0 atom stereocenters. The summed E-state index contributed by atoms with van der Waals surface area (Å²) in [6, 6.07) is 14.7. The Morgan fingerprint density at radius 2 is 1.54 bits per heavy atom. The number of carbonyl (C=O) groups is 1. The summed E-state index contributed by atoms with van der Waals surface area (Å²) >= 11 is 5.70. The van der Waals surface area contributed by atoms with Gasteiger partial charge in [-0.1, -0.05) is 60.7 Å². The van der Waals surface area contributed by atoms with Crippen LogP contribution in [0.3, 0.4) is 0 Å². The monoisotopic (exact) mass is 379 g/mol. The van der Waals surface area contributed by atoms with E-state index < -0.39 is 24.0 Å². The number of alkyl halides is 4. The highest BCUT2D eigenvalue weighted by molar-refractivity contribution is 6.18. The fourth-order valence-electron chi connectivity index (χ4n) is 3.54. The summed E-state index contributed by atoms with van der Waals surface area (Å²) < 4.78 is 38.0. The average Bonchev–Trinajstić information content (AvgIpc) is 2.91. The number of carbonyl (C=O) groups excluding carboxylic acids is 1. The first kappa shape index (κ1) is 18.5. The molecule has 0 bridgehead atoms. The molecule has 136 valence electrons. The van der Waals surface area contributed by atoms with Crippen molar-refractivity contribution < 1.29 is 18.0 Å². The van der Waals surface area contributed by atoms with Gasteiger partial charge in [0.15, 0.2) is 0 Å². The molecule has 0 unspecified atom stereocenters. The topological polar surface area (TPSA) is 29.1 Å². The first-order valence-corrected chi connectivity index (χ1v) is 8.69. The van der Waals surface area contributed by atoms with E-state index in [1.54, 1.807) is 36.4 Å². The number of benzene rings is 2. The van der Waals surface area contributed by atoms with Crippen LogP contribution in [0, 0.1) is 0 Å². The molecule has 1 N–H and O–H groups in total. The van der Waals surface area contributed by atoms with Crippen molar-refractivity contribution >= 4 is 17.5 Å². The van der Waals surface area contributed by atoms with E-state index in [4.69, 9.17) is 11.6 Å². The van der Waals surface area contributed by atoms with Crippen LogP contribution in [0.5, 0.6) is 0 Å². The molecule has 0 saturated carbocycles. The Kier molecular flexibility index (Phi) is 5.10. The molecule has 0 radical (unpaired) electrons. The van der Waals surface area contributed by atoms with Gasteiger partial charge in [-0.15, -0.1) is 11.6 Å². The lowest BCUT2D eigenvalue weighted by atomic mass is 9.74. The summed E-state index contributed by atoms with van der Waals surface area (Å²) in [5, 5.41) is 2.08. The van der Waals surface area contributed by atoms with Crippen molar-refractivity contribution in [3.63, 3.8) is 0 Å². The van der Waals surface area contributed by atoms with Crippen molar-refractivity contribution in [3.8, 4) is 11.1 Å². The minimum absolute atomic E-state index is 0.234. The van der Waals surface area contributed by atoms with E-state index in [1.807, 2.05) is 24.3 Å². The van der Waals surface area contributed by atoms with Crippen molar-refractivity contribution in [3.05, 3.63) is 71.8 Å². The third-order valence-electron chi connectivity index (χ3n) is 4.58. The molecular formula is C20H17ClF3NO. The van der Waals surface area contributed by atoms with E-state index in [0.29, 0.717) is 11.1 Å². The second-order valence-electron chi connectivity index (χ2n) is 6.12. The van der Waals surface area contributed by atoms with Gasteiger partial charge < -0.3 is 5.32 Å². The number of hydrogen-bond donors (Lipinski definition) is 1. The van der Waals surface area contributed by atoms with Crippen LogP contribution in [0.1, 0.15) is 17.5 Å². The summed E-state index contributed by atoms with van der Waals surface area (Å²) in [4.78, 5) is 13.1. The number of allylic oxidation sites excluding steroid dienone is 2. The summed E-state index contributed by atoms with van der Waals surface area (Å²) in [7, 11) is 0. The molecule has 2 aromatic rings. The van der Waals surface area contributed by atoms with Crippen LogP contribution in [-0.2, 0) is 10.2 Å². The van der Waals surface area contributed by atoms with E-state index in [-0.39, 0.29) is 12.3 Å². The zero-order valence-corrected chi connectivity index (χ0v) is 14.6. The molecule has 1 amide bonds. The highest BCUT2D eigenvalue weighted by atomic mass is 35.5. The number of amides is 1. The second-order valence-corrected chi connectivity index (χ2v) is 6.43. The largest absolute Gasteiger partial charge is 0.405 e. The quantitative estimate of drug-likeness (QED) is 0.586. The van der Waals surface area contributed by atoms with Gasteiger partial charge in [-0.2, -0.15) is 13.2 Å². The van der Waals surface area contributed by atoms with Crippen LogP contribution >= 0.6 is 11.6 Å². The number of nitrogens with one attached hydrogen (secondary N) is 1. The van der Waals surface area contributed by atoms with Crippen molar-refractivity contribution in [2.75, 3.05) is 12.4 Å². The van der Waals surface area contributed by atoms with Crippen LogP contribution in [0.15, 0.2) is 60.7 Å². The van der Waals surface area contributed by atoms with Crippen LogP contribution in [0.4, 0.5) is 13.2 Å². The summed E-state index contributed by atoms with van der Waals surface area (Å²) in [5.41, 5.74) is 1.94. The second kappa shape index (κ2) is 7.16. The average molecular weight is 380 g/mol. The minimum Gasteiger partial charge on any atom is -0.346 e. The van der Waals surface area contributed by atoms with Gasteiger partial charge in [0.25, 0.3) is 0 Å². The Balaban J connectivity index is 2.14. The first-order chi connectivity index (χ1) is 12.4. The Hall–Kier alpha value is -2.27. The van der Waals surface area contributed by atoms with Gasteiger partial charge in [0, 0.05) is 5.88 Å². The number of halogens is 4. The van der Waals surface area contributed by atoms with Crippen LogP contribution in [-0.4, -0.2) is 24.5 Å². The zero-order valence-electron chi connectivity index (χ0n) is 13.8. The number of hydrogen-bond acceptors (Lipinski definition) is 1. The van der Waals surface area contributed by atoms with Crippen molar-refractivity contribution in [1.82, 2.24) is 5.32 Å². The first-order valence-electron chi connectivity index (χ1n) is 8.15. The van der Waals surface area contributed by atoms with Crippen LogP contribution < -0.4 is 5.32 Å². The Morgan fingerprint density at radius 3 is 2.04 bits per heavy atom. The Bertz CT molecular complexity index is 799. The van der Waals surface area contributed by atoms with Gasteiger partial charge in [-0.25, -0.2) is 0 Å². The molecule has 0 aromatic heterocycles. The molecule has 0 saturated heterocycles. The van der Waals surface area contributed by atoms with Gasteiger partial charge in [0.2, 0.25) is 5.91 Å². The molecular weight excluding hydrogens is 363 g/mol. The summed E-state index contributed by atoms with van der Waals surface area (Å²) in [5.74, 6) is -0.393. The van der Waals surface area contributed by atoms with E-state index in [2.05, 4.69) is 5.32 Å². The SMILES string of the molecule is O=C(NCC(F)(F)F)C1(CC=CCCl)c2ccccc2-c2ccccc21. The van der Waals surface area contributed by atoms with Gasteiger partial charge in [-0.3, -0.25) is 4.79 Å². The third kappa shape index (κ3) is 3.23. The molecule has 1 aliphatic rings. The molecule has 6 heteroatoms. The molecule has 2 nitrogen and oxygen atoms in total. The zero-order chi connectivity index (χ0) is 18.8. The van der Waals surface area contributed by atoms with Gasteiger partial charge >= 0.3 is 6.18 Å². The molecule has 2 aromatic carbocycles. The molecule has 0 aliphatic heterocycles. The standard InChI is InChI=1S/C20H17ClF3NO/c21-12-6-5-11-19(18(26)25-13-20(22,23)24)16-9-3-1-7-14(16)15-8-2-4-10-17(15)19/h1-10H,11-13H2,(H,25,26). The number of fused-ring (bicyclic) bond motifs is 3. The fourth-order valence-corrected chi connectivity index (χ4v) is 3.66.